The van der Waals surface area contributed by atoms with Crippen molar-refractivity contribution in [2.45, 2.75) is 6.10 Å². The third-order valence-corrected chi connectivity index (χ3v) is 1.78. The zero-order valence-corrected chi connectivity index (χ0v) is 7.49. The van der Waals surface area contributed by atoms with Crippen molar-refractivity contribution >= 4 is 17.5 Å². The van der Waals surface area contributed by atoms with E-state index in [9.17, 15) is 0 Å². The third-order valence-electron chi connectivity index (χ3n) is 1.58. The first-order chi connectivity index (χ1) is 6.24. The third kappa shape index (κ3) is 1.99. The molecule has 1 aromatic rings. The molecule has 0 aliphatic carbocycles. The van der Waals surface area contributed by atoms with E-state index in [2.05, 4.69) is 9.97 Å². The predicted molar refractivity (Wildman–Crippen MR) is 46.7 cm³/mol. The standard InChI is InChI=1S/C7H8ClN3O2/c8-5-1-6(11-7(9)10-5)13-4-2-12-3-4/h1,4H,2-3H2,(H2,9,10,11). The molecule has 0 unspecified atom stereocenters. The van der Waals surface area contributed by atoms with Crippen LogP contribution in [0.15, 0.2) is 6.07 Å². The van der Waals surface area contributed by atoms with Crippen molar-refractivity contribution in [3.63, 3.8) is 0 Å². The van der Waals surface area contributed by atoms with Crippen molar-refractivity contribution in [1.29, 1.82) is 0 Å². The molecule has 2 heterocycles. The van der Waals surface area contributed by atoms with Gasteiger partial charge in [0.25, 0.3) is 0 Å². The van der Waals surface area contributed by atoms with E-state index in [0.717, 1.165) is 0 Å². The van der Waals surface area contributed by atoms with E-state index in [1.54, 1.807) is 0 Å². The fraction of sp³-hybridized carbons (Fsp3) is 0.429. The van der Waals surface area contributed by atoms with Crippen molar-refractivity contribution in [2.75, 3.05) is 18.9 Å². The topological polar surface area (TPSA) is 70.3 Å². The first kappa shape index (κ1) is 8.52. The van der Waals surface area contributed by atoms with E-state index >= 15 is 0 Å². The van der Waals surface area contributed by atoms with Crippen LogP contribution >= 0.6 is 11.6 Å². The molecule has 1 fully saturated rings. The molecule has 5 nitrogen and oxygen atoms in total. The van der Waals surface area contributed by atoms with Crippen LogP contribution in [-0.4, -0.2) is 29.3 Å². The van der Waals surface area contributed by atoms with Gasteiger partial charge in [-0.05, 0) is 0 Å². The minimum Gasteiger partial charge on any atom is -0.469 e. The second-order valence-corrected chi connectivity index (χ2v) is 3.05. The van der Waals surface area contributed by atoms with Gasteiger partial charge in [0.15, 0.2) is 0 Å². The molecule has 70 valence electrons. The van der Waals surface area contributed by atoms with Crippen molar-refractivity contribution in [3.8, 4) is 5.88 Å². The first-order valence-corrected chi connectivity index (χ1v) is 4.16. The SMILES string of the molecule is Nc1nc(Cl)cc(OC2COC2)n1. The van der Waals surface area contributed by atoms with Crippen LogP contribution in [0.4, 0.5) is 5.95 Å². The second-order valence-electron chi connectivity index (χ2n) is 2.66. The van der Waals surface area contributed by atoms with Gasteiger partial charge >= 0.3 is 0 Å². The molecule has 0 saturated carbocycles. The number of nitrogens with two attached hydrogens (primary N) is 1. The summed E-state index contributed by atoms with van der Waals surface area (Å²) in [5.41, 5.74) is 5.38. The monoisotopic (exact) mass is 201 g/mol. The number of aromatic nitrogens is 2. The minimum absolute atomic E-state index is 0.0605. The Kier molecular flexibility index (Phi) is 2.20. The Morgan fingerprint density at radius 3 is 2.85 bits per heavy atom. The minimum atomic E-state index is 0.0605. The molecule has 0 bridgehead atoms. The molecular formula is C7H8ClN3O2. The quantitative estimate of drug-likeness (QED) is 0.706. The van der Waals surface area contributed by atoms with Crippen LogP contribution in [0.1, 0.15) is 0 Å². The van der Waals surface area contributed by atoms with Gasteiger partial charge in [-0.2, -0.15) is 4.98 Å². The van der Waals surface area contributed by atoms with E-state index in [0.29, 0.717) is 19.1 Å². The summed E-state index contributed by atoms with van der Waals surface area (Å²) in [6.45, 7) is 1.17. The van der Waals surface area contributed by atoms with Gasteiger partial charge in [-0.15, -0.1) is 0 Å². The molecule has 0 spiro atoms. The lowest BCUT2D eigenvalue weighted by Crippen LogP contribution is -2.38. The Bertz CT molecular complexity index is 296. The normalized spacial score (nSPS) is 16.7. The average molecular weight is 202 g/mol. The van der Waals surface area contributed by atoms with Crippen LogP contribution in [0.2, 0.25) is 5.15 Å². The molecule has 6 heteroatoms. The summed E-state index contributed by atoms with van der Waals surface area (Å²) in [5, 5.41) is 0.280. The zero-order chi connectivity index (χ0) is 9.26. The lowest BCUT2D eigenvalue weighted by Gasteiger charge is -2.25. The summed E-state index contributed by atoms with van der Waals surface area (Å²) >= 11 is 5.65. The molecule has 2 rings (SSSR count). The smallest absolute Gasteiger partial charge is 0.224 e. The summed E-state index contributed by atoms with van der Waals surface area (Å²) in [6.07, 6.45) is 0.0605. The number of ether oxygens (including phenoxy) is 2. The Hall–Kier alpha value is -1.07. The van der Waals surface area contributed by atoms with E-state index in [1.165, 1.54) is 6.07 Å². The predicted octanol–water partition coefficient (Wildman–Crippen LogP) is 0.490. The van der Waals surface area contributed by atoms with E-state index in [4.69, 9.17) is 26.8 Å². The highest BCUT2D eigenvalue weighted by molar-refractivity contribution is 6.29. The first-order valence-electron chi connectivity index (χ1n) is 3.78. The molecule has 0 radical (unpaired) electrons. The molecule has 0 aromatic carbocycles. The van der Waals surface area contributed by atoms with Crippen LogP contribution in [0.3, 0.4) is 0 Å². The molecule has 0 atom stereocenters. The fourth-order valence-corrected chi connectivity index (χ4v) is 1.11. The molecule has 0 amide bonds. The highest BCUT2D eigenvalue weighted by Crippen LogP contribution is 2.17. The van der Waals surface area contributed by atoms with Crippen molar-refractivity contribution in [3.05, 3.63) is 11.2 Å². The van der Waals surface area contributed by atoms with Gasteiger partial charge < -0.3 is 15.2 Å². The number of rotatable bonds is 2. The summed E-state index contributed by atoms with van der Waals surface area (Å²) in [5.74, 6) is 0.508. The molecule has 1 aromatic heterocycles. The van der Waals surface area contributed by atoms with Crippen molar-refractivity contribution < 1.29 is 9.47 Å². The number of nitrogens with zero attached hydrogens (tertiary/aromatic N) is 2. The Labute approximate surface area is 79.8 Å². The number of anilines is 1. The van der Waals surface area contributed by atoms with Crippen LogP contribution in [0, 0.1) is 0 Å². The lowest BCUT2D eigenvalue weighted by molar-refractivity contribution is -0.0813. The van der Waals surface area contributed by atoms with Gasteiger partial charge in [0.1, 0.15) is 11.3 Å². The molecular weight excluding hydrogens is 194 g/mol. The van der Waals surface area contributed by atoms with Crippen molar-refractivity contribution in [1.82, 2.24) is 9.97 Å². The number of nitrogen functional groups attached to an aromatic ring is 1. The van der Waals surface area contributed by atoms with Gasteiger partial charge in [0, 0.05) is 6.07 Å². The Balaban J connectivity index is 2.10. The Morgan fingerprint density at radius 1 is 1.54 bits per heavy atom. The zero-order valence-electron chi connectivity index (χ0n) is 6.74. The van der Waals surface area contributed by atoms with Crippen LogP contribution in [-0.2, 0) is 4.74 Å². The van der Waals surface area contributed by atoms with Crippen LogP contribution in [0.5, 0.6) is 5.88 Å². The molecule has 1 saturated heterocycles. The maximum absolute atomic E-state index is 5.65. The summed E-state index contributed by atoms with van der Waals surface area (Å²) in [6, 6.07) is 1.52. The fourth-order valence-electron chi connectivity index (χ4n) is 0.927. The van der Waals surface area contributed by atoms with Crippen LogP contribution < -0.4 is 10.5 Å². The van der Waals surface area contributed by atoms with E-state index in [-0.39, 0.29) is 17.2 Å². The second kappa shape index (κ2) is 3.35. The average Bonchev–Trinajstić information content (AvgIpc) is 1.95. The van der Waals surface area contributed by atoms with Gasteiger partial charge in [-0.3, -0.25) is 0 Å². The van der Waals surface area contributed by atoms with E-state index in [1.807, 2.05) is 0 Å². The highest BCUT2D eigenvalue weighted by atomic mass is 35.5. The summed E-state index contributed by atoms with van der Waals surface area (Å²) in [4.78, 5) is 7.57. The molecule has 2 N–H and O–H groups in total. The highest BCUT2D eigenvalue weighted by Gasteiger charge is 2.20. The lowest BCUT2D eigenvalue weighted by atomic mass is 10.3. The van der Waals surface area contributed by atoms with Gasteiger partial charge in [-0.1, -0.05) is 11.6 Å². The number of halogens is 1. The van der Waals surface area contributed by atoms with Crippen LogP contribution in [0.25, 0.3) is 0 Å². The number of hydrogen-bond donors (Lipinski definition) is 1. The Morgan fingerprint density at radius 2 is 2.31 bits per heavy atom. The summed E-state index contributed by atoms with van der Waals surface area (Å²) < 4.78 is 10.3. The molecule has 1 aliphatic heterocycles. The van der Waals surface area contributed by atoms with E-state index < -0.39 is 0 Å². The largest absolute Gasteiger partial charge is 0.469 e. The summed E-state index contributed by atoms with van der Waals surface area (Å²) in [7, 11) is 0. The van der Waals surface area contributed by atoms with Crippen molar-refractivity contribution in [2.24, 2.45) is 0 Å². The van der Waals surface area contributed by atoms with Gasteiger partial charge in [-0.25, -0.2) is 4.98 Å². The molecule has 13 heavy (non-hydrogen) atoms. The van der Waals surface area contributed by atoms with Gasteiger partial charge in [0.05, 0.1) is 13.2 Å². The maximum Gasteiger partial charge on any atom is 0.224 e. The maximum atomic E-state index is 5.65. The number of hydrogen-bond acceptors (Lipinski definition) is 5. The molecule has 1 aliphatic rings. The van der Waals surface area contributed by atoms with Gasteiger partial charge in [0.2, 0.25) is 11.8 Å².